The summed E-state index contributed by atoms with van der Waals surface area (Å²) in [6.45, 7) is 7.63. The van der Waals surface area contributed by atoms with Gasteiger partial charge in [0.25, 0.3) is 0 Å². The average molecular weight is 159 g/mol. The van der Waals surface area contributed by atoms with E-state index >= 15 is 0 Å². The van der Waals surface area contributed by atoms with Crippen molar-refractivity contribution in [2.24, 2.45) is 0 Å². The topological polar surface area (TPSA) is 12.0 Å². The summed E-state index contributed by atoms with van der Waals surface area (Å²) in [4.78, 5) is 0. The summed E-state index contributed by atoms with van der Waals surface area (Å²) in [5, 5.41) is 3.17. The van der Waals surface area contributed by atoms with Crippen LogP contribution in [-0.2, 0) is 0 Å². The summed E-state index contributed by atoms with van der Waals surface area (Å²) in [6.07, 6.45) is 5.60. The predicted molar refractivity (Wildman–Crippen MR) is 51.1 cm³/mol. The first kappa shape index (κ1) is 9.97. The molecule has 2 unspecified atom stereocenters. The van der Waals surface area contributed by atoms with Gasteiger partial charge in [-0.1, -0.05) is 13.0 Å². The fourth-order valence-electron chi connectivity index (χ4n) is 0.738. The number of nitrogens with one attached hydrogen (secondary N) is 1. The van der Waals surface area contributed by atoms with Gasteiger partial charge in [-0.05, 0) is 31.9 Å². The first-order chi connectivity index (χ1) is 4.85. The molecule has 0 heterocycles. The van der Waals surface area contributed by atoms with Crippen molar-refractivity contribution in [2.45, 2.75) is 25.9 Å². The molecule has 0 bridgehead atoms. The standard InChI is InChI=1S/C8H18NP/c1-4-8(10-3)6-7-9-5-2/h6-10H,4-5H2,1-3H3. The zero-order valence-electron chi connectivity index (χ0n) is 7.15. The molecule has 0 aromatic carbocycles. The van der Waals surface area contributed by atoms with Gasteiger partial charge in [0, 0.05) is 6.54 Å². The number of hydrogen-bond acceptors (Lipinski definition) is 1. The molecule has 0 rings (SSSR count). The Labute approximate surface area is 66.1 Å². The minimum Gasteiger partial charge on any atom is -0.391 e. The molecule has 0 saturated carbocycles. The molecular formula is C8H18NP. The second kappa shape index (κ2) is 7.08. The molecular weight excluding hydrogens is 141 g/mol. The van der Waals surface area contributed by atoms with Crippen molar-refractivity contribution < 1.29 is 0 Å². The van der Waals surface area contributed by atoms with Gasteiger partial charge in [-0.3, -0.25) is 0 Å². The molecule has 0 radical (unpaired) electrons. The molecule has 0 aliphatic carbocycles. The van der Waals surface area contributed by atoms with Gasteiger partial charge >= 0.3 is 0 Å². The summed E-state index contributed by atoms with van der Waals surface area (Å²) in [7, 11) is 1.03. The van der Waals surface area contributed by atoms with Crippen LogP contribution in [0.2, 0.25) is 0 Å². The Bertz CT molecular complexity index is 87.3. The van der Waals surface area contributed by atoms with E-state index in [0.29, 0.717) is 0 Å². The van der Waals surface area contributed by atoms with E-state index in [-0.39, 0.29) is 0 Å². The molecule has 1 nitrogen and oxygen atoms in total. The second-order valence-electron chi connectivity index (χ2n) is 2.22. The van der Waals surface area contributed by atoms with E-state index in [1.807, 2.05) is 0 Å². The maximum absolute atomic E-state index is 3.17. The molecule has 0 aliphatic rings. The predicted octanol–water partition coefficient (Wildman–Crippen LogP) is 2.20. The Balaban J connectivity index is 3.40. The van der Waals surface area contributed by atoms with Crippen LogP contribution in [0.3, 0.4) is 0 Å². The molecule has 0 spiro atoms. The highest BCUT2D eigenvalue weighted by atomic mass is 31.1. The molecule has 0 fully saturated rings. The van der Waals surface area contributed by atoms with Crippen molar-refractivity contribution in [3.8, 4) is 0 Å². The fourth-order valence-corrected chi connectivity index (χ4v) is 1.44. The van der Waals surface area contributed by atoms with Crippen molar-refractivity contribution in [3.05, 3.63) is 12.3 Å². The van der Waals surface area contributed by atoms with E-state index in [0.717, 1.165) is 20.8 Å². The lowest BCUT2D eigenvalue weighted by Gasteiger charge is -2.04. The molecule has 1 N–H and O–H groups in total. The first-order valence-corrected chi connectivity index (χ1v) is 5.50. The van der Waals surface area contributed by atoms with E-state index in [9.17, 15) is 0 Å². The average Bonchev–Trinajstić information content (AvgIpc) is 1.99. The van der Waals surface area contributed by atoms with E-state index in [2.05, 4.69) is 38.1 Å². The second-order valence-corrected chi connectivity index (χ2v) is 3.54. The highest BCUT2D eigenvalue weighted by molar-refractivity contribution is 7.38. The van der Waals surface area contributed by atoms with Crippen LogP contribution in [0, 0.1) is 0 Å². The van der Waals surface area contributed by atoms with Crippen molar-refractivity contribution >= 4 is 8.58 Å². The number of rotatable bonds is 5. The summed E-state index contributed by atoms with van der Waals surface area (Å²) >= 11 is 0. The van der Waals surface area contributed by atoms with E-state index in [4.69, 9.17) is 0 Å². The molecule has 0 saturated heterocycles. The number of hydrogen-bond donors (Lipinski definition) is 1. The van der Waals surface area contributed by atoms with Crippen LogP contribution in [0.25, 0.3) is 0 Å². The molecule has 0 aromatic heterocycles. The SMILES string of the molecule is CCNC=CC(CC)PC. The lowest BCUT2D eigenvalue weighted by molar-refractivity contribution is 0.897. The maximum atomic E-state index is 3.17. The van der Waals surface area contributed by atoms with Gasteiger partial charge in [0.1, 0.15) is 0 Å². The Kier molecular flexibility index (Phi) is 7.06. The largest absolute Gasteiger partial charge is 0.391 e. The van der Waals surface area contributed by atoms with Gasteiger partial charge < -0.3 is 5.32 Å². The zero-order valence-corrected chi connectivity index (χ0v) is 8.15. The van der Waals surface area contributed by atoms with Gasteiger partial charge in [0.15, 0.2) is 0 Å². The summed E-state index contributed by atoms with van der Waals surface area (Å²) < 4.78 is 0. The third-order valence-corrected chi connectivity index (χ3v) is 2.80. The van der Waals surface area contributed by atoms with Gasteiger partial charge in [0.2, 0.25) is 0 Å². The van der Waals surface area contributed by atoms with Crippen LogP contribution >= 0.6 is 8.58 Å². The summed E-state index contributed by atoms with van der Waals surface area (Å²) in [6, 6.07) is 0. The van der Waals surface area contributed by atoms with Crippen LogP contribution in [0.15, 0.2) is 12.3 Å². The van der Waals surface area contributed by atoms with Crippen LogP contribution in [0.5, 0.6) is 0 Å². The molecule has 0 aromatic rings. The molecule has 60 valence electrons. The molecule has 2 atom stereocenters. The van der Waals surface area contributed by atoms with Gasteiger partial charge in [-0.15, -0.1) is 8.58 Å². The van der Waals surface area contributed by atoms with E-state index in [1.54, 1.807) is 0 Å². The van der Waals surface area contributed by atoms with Crippen LogP contribution in [0.4, 0.5) is 0 Å². The molecule has 0 amide bonds. The minimum atomic E-state index is 0.791. The van der Waals surface area contributed by atoms with Crippen LogP contribution in [0.1, 0.15) is 20.3 Å². The molecule has 2 heteroatoms. The van der Waals surface area contributed by atoms with Crippen LogP contribution in [-0.4, -0.2) is 18.9 Å². The lowest BCUT2D eigenvalue weighted by atomic mass is 10.3. The highest BCUT2D eigenvalue weighted by Gasteiger charge is 1.94. The maximum Gasteiger partial charge on any atom is 0.0112 e. The van der Waals surface area contributed by atoms with Crippen LogP contribution < -0.4 is 5.32 Å². The highest BCUT2D eigenvalue weighted by Crippen LogP contribution is 2.17. The lowest BCUT2D eigenvalue weighted by Crippen LogP contribution is -2.03. The van der Waals surface area contributed by atoms with Crippen molar-refractivity contribution in [2.75, 3.05) is 13.2 Å². The Morgan fingerprint density at radius 3 is 2.60 bits per heavy atom. The minimum absolute atomic E-state index is 0.791. The monoisotopic (exact) mass is 159 g/mol. The van der Waals surface area contributed by atoms with Crippen molar-refractivity contribution in [1.82, 2.24) is 5.32 Å². The normalized spacial score (nSPS) is 15.1. The van der Waals surface area contributed by atoms with E-state index in [1.165, 1.54) is 6.42 Å². The quantitative estimate of drug-likeness (QED) is 0.606. The van der Waals surface area contributed by atoms with Crippen molar-refractivity contribution in [1.29, 1.82) is 0 Å². The summed E-state index contributed by atoms with van der Waals surface area (Å²) in [5.41, 5.74) is 0.791. The smallest absolute Gasteiger partial charge is 0.0112 e. The van der Waals surface area contributed by atoms with Gasteiger partial charge in [-0.25, -0.2) is 0 Å². The van der Waals surface area contributed by atoms with E-state index < -0.39 is 0 Å². The van der Waals surface area contributed by atoms with Gasteiger partial charge in [0.05, 0.1) is 0 Å². The third kappa shape index (κ3) is 4.81. The molecule has 10 heavy (non-hydrogen) atoms. The Morgan fingerprint density at radius 1 is 1.50 bits per heavy atom. The van der Waals surface area contributed by atoms with Crippen molar-refractivity contribution in [3.63, 3.8) is 0 Å². The Morgan fingerprint density at radius 2 is 2.20 bits per heavy atom. The third-order valence-electron chi connectivity index (χ3n) is 1.46. The molecule has 0 aliphatic heterocycles. The fraction of sp³-hybridized carbons (Fsp3) is 0.750. The first-order valence-electron chi connectivity index (χ1n) is 3.92. The van der Waals surface area contributed by atoms with Gasteiger partial charge in [-0.2, -0.15) is 0 Å². The Hall–Kier alpha value is -0.0300. The summed E-state index contributed by atoms with van der Waals surface area (Å²) in [5.74, 6) is 0. The number of allylic oxidation sites excluding steroid dienone is 1. The zero-order chi connectivity index (χ0) is 7.82.